The van der Waals surface area contributed by atoms with Crippen molar-refractivity contribution in [1.82, 2.24) is 15.2 Å². The molecule has 0 saturated carbocycles. The van der Waals surface area contributed by atoms with E-state index in [-0.39, 0.29) is 12.5 Å². The Bertz CT molecular complexity index is 1950. The minimum Gasteiger partial charge on any atom is -0.350 e. The lowest BCUT2D eigenvalue weighted by atomic mass is 10.1. The summed E-state index contributed by atoms with van der Waals surface area (Å²) in [5.74, 6) is 0.904. The van der Waals surface area contributed by atoms with Gasteiger partial charge in [-0.1, -0.05) is 97.1 Å². The normalized spacial score (nSPS) is 17.7. The van der Waals surface area contributed by atoms with Gasteiger partial charge in [0.2, 0.25) is 0 Å². The molecule has 7 aromatic rings. The Labute approximate surface area is 223 Å². The third-order valence-electron chi connectivity index (χ3n) is 7.50. The summed E-state index contributed by atoms with van der Waals surface area (Å²) in [6.45, 7) is 0. The highest BCUT2D eigenvalue weighted by Gasteiger charge is 2.28. The predicted octanol–water partition coefficient (Wildman–Crippen LogP) is 7.96. The maximum Gasteiger partial charge on any atom is 0.184 e. The first-order valence-electron chi connectivity index (χ1n) is 12.9. The molecular formula is C33H24N4S. The highest BCUT2D eigenvalue weighted by molar-refractivity contribution is 7.26. The zero-order chi connectivity index (χ0) is 25.1. The van der Waals surface area contributed by atoms with Crippen molar-refractivity contribution in [3.63, 3.8) is 0 Å². The van der Waals surface area contributed by atoms with Gasteiger partial charge in [0.1, 0.15) is 12.0 Å². The third kappa shape index (κ3) is 3.29. The van der Waals surface area contributed by atoms with Gasteiger partial charge >= 0.3 is 0 Å². The number of thiophene rings is 1. The molecule has 3 heterocycles. The second-order valence-corrected chi connectivity index (χ2v) is 10.7. The maximum atomic E-state index is 5.35. The number of hydrogen-bond donors (Lipinski definition) is 2. The molecule has 4 nitrogen and oxygen atoms in total. The number of aromatic nitrogens is 1. The second kappa shape index (κ2) is 8.55. The van der Waals surface area contributed by atoms with Crippen molar-refractivity contribution in [1.29, 1.82) is 0 Å². The monoisotopic (exact) mass is 508 g/mol. The highest BCUT2D eigenvalue weighted by atomic mass is 32.1. The van der Waals surface area contributed by atoms with Gasteiger partial charge < -0.3 is 9.88 Å². The number of amidine groups is 1. The molecule has 8 rings (SSSR count). The molecule has 38 heavy (non-hydrogen) atoms. The average Bonchev–Trinajstić information content (AvgIpc) is 3.53. The van der Waals surface area contributed by atoms with Gasteiger partial charge in [0.25, 0.3) is 0 Å². The predicted molar refractivity (Wildman–Crippen MR) is 160 cm³/mol. The molecule has 2 unspecified atom stereocenters. The largest absolute Gasteiger partial charge is 0.350 e. The molecule has 0 spiro atoms. The van der Waals surface area contributed by atoms with Crippen LogP contribution in [-0.2, 0) is 0 Å². The van der Waals surface area contributed by atoms with Crippen LogP contribution in [0.1, 0.15) is 23.6 Å². The quantitative estimate of drug-likeness (QED) is 0.254. The topological polar surface area (TPSA) is 41.4 Å². The van der Waals surface area contributed by atoms with Crippen LogP contribution in [0.4, 0.5) is 0 Å². The Hall–Kier alpha value is -4.45. The molecule has 5 aromatic carbocycles. The van der Waals surface area contributed by atoms with Crippen molar-refractivity contribution < 1.29 is 0 Å². The summed E-state index contributed by atoms with van der Waals surface area (Å²) in [7, 11) is 0. The second-order valence-electron chi connectivity index (χ2n) is 9.69. The smallest absolute Gasteiger partial charge is 0.184 e. The van der Waals surface area contributed by atoms with Gasteiger partial charge in [-0.05, 0) is 29.8 Å². The lowest BCUT2D eigenvalue weighted by Gasteiger charge is -2.33. The van der Waals surface area contributed by atoms with Gasteiger partial charge in [-0.3, -0.25) is 5.32 Å². The van der Waals surface area contributed by atoms with Crippen molar-refractivity contribution in [3.8, 4) is 0 Å². The van der Waals surface area contributed by atoms with Gasteiger partial charge in [-0.25, -0.2) is 4.99 Å². The summed E-state index contributed by atoms with van der Waals surface area (Å²) < 4.78 is 4.89. The Morgan fingerprint density at radius 3 is 2.00 bits per heavy atom. The molecule has 1 aliphatic rings. The molecular weight excluding hydrogens is 484 g/mol. The van der Waals surface area contributed by atoms with E-state index in [2.05, 4.69) is 137 Å². The van der Waals surface area contributed by atoms with Crippen molar-refractivity contribution in [3.05, 3.63) is 132 Å². The third-order valence-corrected chi connectivity index (χ3v) is 8.72. The summed E-state index contributed by atoms with van der Waals surface area (Å²) in [5, 5.41) is 12.6. The van der Waals surface area contributed by atoms with Gasteiger partial charge in [0.15, 0.2) is 6.29 Å². The molecule has 1 aliphatic heterocycles. The molecule has 0 fully saturated rings. The molecule has 2 N–H and O–H groups in total. The first-order valence-corrected chi connectivity index (χ1v) is 13.7. The van der Waals surface area contributed by atoms with Crippen molar-refractivity contribution in [2.75, 3.05) is 0 Å². The van der Waals surface area contributed by atoms with E-state index in [4.69, 9.17) is 4.99 Å². The van der Waals surface area contributed by atoms with Gasteiger partial charge in [0.05, 0.1) is 11.0 Å². The lowest BCUT2D eigenvalue weighted by Crippen LogP contribution is -2.46. The van der Waals surface area contributed by atoms with E-state index in [9.17, 15) is 0 Å². The van der Waals surface area contributed by atoms with Crippen molar-refractivity contribution in [2.24, 2.45) is 4.99 Å². The minimum absolute atomic E-state index is 0.0988. The van der Waals surface area contributed by atoms with Crippen LogP contribution in [0.3, 0.4) is 0 Å². The van der Waals surface area contributed by atoms with Gasteiger partial charge in [-0.15, -0.1) is 11.3 Å². The van der Waals surface area contributed by atoms with E-state index in [1.54, 1.807) is 0 Å². The number of hydrogen-bond acceptors (Lipinski definition) is 4. The van der Waals surface area contributed by atoms with Crippen LogP contribution in [-0.4, -0.2) is 10.4 Å². The molecule has 2 aromatic heterocycles. The number of nitrogens with one attached hydrogen (secondary N) is 2. The molecule has 0 bridgehead atoms. The van der Waals surface area contributed by atoms with E-state index in [1.807, 2.05) is 11.3 Å². The fraction of sp³-hybridized carbons (Fsp3) is 0.0606. The van der Waals surface area contributed by atoms with E-state index >= 15 is 0 Å². The van der Waals surface area contributed by atoms with Crippen LogP contribution in [0.2, 0.25) is 0 Å². The number of fused-ring (bicyclic) bond motifs is 6. The SMILES string of the molecule is c1ccc(C2NC(c3cccc4c3sc3ccccc34)=NC(n3c4ccccc4c4ccccc43)N2)cc1. The molecule has 2 atom stereocenters. The van der Waals surface area contributed by atoms with Crippen LogP contribution in [0.15, 0.2) is 126 Å². The molecule has 0 aliphatic carbocycles. The average molecular weight is 509 g/mol. The Morgan fingerprint density at radius 2 is 1.24 bits per heavy atom. The minimum atomic E-state index is -0.286. The highest BCUT2D eigenvalue weighted by Crippen LogP contribution is 2.38. The van der Waals surface area contributed by atoms with Crippen LogP contribution in [0.5, 0.6) is 0 Å². The first-order chi connectivity index (χ1) is 18.8. The standard InChI is InChI=1S/C33H24N4S/c1-2-11-21(12-3-1)31-34-32(26-17-10-16-25-24-15-6-9-20-29(24)38-30(25)26)36-33(35-31)37-27-18-7-4-13-22(27)23-14-5-8-19-28(23)37/h1-20,31,33,35H,(H,34,36). The number of para-hydroxylation sites is 2. The zero-order valence-corrected chi connectivity index (χ0v) is 21.3. The van der Waals surface area contributed by atoms with Crippen molar-refractivity contribution in [2.45, 2.75) is 12.5 Å². The summed E-state index contributed by atoms with van der Waals surface area (Å²) in [4.78, 5) is 5.35. The number of benzene rings is 5. The first kappa shape index (κ1) is 21.6. The molecule has 0 radical (unpaired) electrons. The lowest BCUT2D eigenvalue weighted by molar-refractivity contribution is 0.341. The Kier molecular flexibility index (Phi) is 4.87. The Morgan fingerprint density at radius 1 is 0.605 bits per heavy atom. The molecule has 182 valence electrons. The van der Waals surface area contributed by atoms with E-state index < -0.39 is 0 Å². The fourth-order valence-electron chi connectivity index (χ4n) is 5.78. The Balaban J connectivity index is 1.37. The van der Waals surface area contributed by atoms with Crippen LogP contribution < -0.4 is 10.6 Å². The zero-order valence-electron chi connectivity index (χ0n) is 20.5. The number of rotatable bonds is 3. The summed E-state index contributed by atoms with van der Waals surface area (Å²) in [6, 6.07) is 43.0. The summed E-state index contributed by atoms with van der Waals surface area (Å²) >= 11 is 1.83. The molecule has 0 saturated heterocycles. The maximum absolute atomic E-state index is 5.35. The van der Waals surface area contributed by atoms with E-state index in [1.165, 1.54) is 47.5 Å². The van der Waals surface area contributed by atoms with Crippen LogP contribution >= 0.6 is 11.3 Å². The van der Waals surface area contributed by atoms with E-state index in [0.717, 1.165) is 11.4 Å². The summed E-state index contributed by atoms with van der Waals surface area (Å²) in [5.41, 5.74) is 4.65. The van der Waals surface area contributed by atoms with E-state index in [0.29, 0.717) is 0 Å². The number of nitrogens with zero attached hydrogens (tertiary/aromatic N) is 2. The van der Waals surface area contributed by atoms with Crippen molar-refractivity contribution >= 4 is 59.2 Å². The summed E-state index contributed by atoms with van der Waals surface area (Å²) in [6.07, 6.45) is -0.385. The fourth-order valence-corrected chi connectivity index (χ4v) is 7.00. The number of aliphatic imine (C=N–C) groups is 1. The van der Waals surface area contributed by atoms with Crippen LogP contribution in [0.25, 0.3) is 42.0 Å². The molecule has 5 heteroatoms. The van der Waals surface area contributed by atoms with Crippen LogP contribution in [0, 0.1) is 0 Å². The van der Waals surface area contributed by atoms with Gasteiger partial charge in [-0.2, -0.15) is 0 Å². The van der Waals surface area contributed by atoms with Gasteiger partial charge in [0, 0.05) is 36.5 Å². The molecule has 0 amide bonds.